The van der Waals surface area contributed by atoms with Crippen molar-refractivity contribution in [3.63, 3.8) is 0 Å². The SMILES string of the molecule is CN(CCOc1ccccc1F)C(=O)c1ccc([N+](=O)[O-])cc1Cl. The summed E-state index contributed by atoms with van der Waals surface area (Å²) in [4.78, 5) is 23.7. The van der Waals surface area contributed by atoms with Crippen molar-refractivity contribution < 1.29 is 18.8 Å². The first-order valence-corrected chi connectivity index (χ1v) is 7.34. The van der Waals surface area contributed by atoms with E-state index in [0.717, 1.165) is 6.07 Å². The van der Waals surface area contributed by atoms with Crippen molar-refractivity contribution in [3.8, 4) is 5.75 Å². The Morgan fingerprint density at radius 1 is 1.33 bits per heavy atom. The fraction of sp³-hybridized carbons (Fsp3) is 0.188. The molecule has 126 valence electrons. The molecule has 8 heteroatoms. The fourth-order valence-electron chi connectivity index (χ4n) is 1.95. The summed E-state index contributed by atoms with van der Waals surface area (Å²) in [5.41, 5.74) is -0.0438. The van der Waals surface area contributed by atoms with E-state index in [1.807, 2.05) is 0 Å². The van der Waals surface area contributed by atoms with Crippen LogP contribution in [-0.4, -0.2) is 35.9 Å². The highest BCUT2D eigenvalue weighted by molar-refractivity contribution is 6.34. The standard InChI is InChI=1S/C16H14ClFN2O4/c1-19(8-9-24-15-5-3-2-4-14(15)18)16(21)12-7-6-11(20(22)23)10-13(12)17/h2-7,10H,8-9H2,1H3. The first kappa shape index (κ1) is 17.7. The number of halogens is 2. The Labute approximate surface area is 142 Å². The minimum atomic E-state index is -0.591. The highest BCUT2D eigenvalue weighted by Crippen LogP contribution is 2.23. The minimum absolute atomic E-state index is 0.00364. The van der Waals surface area contributed by atoms with Crippen LogP contribution in [0.5, 0.6) is 5.75 Å². The zero-order valence-corrected chi connectivity index (χ0v) is 13.5. The van der Waals surface area contributed by atoms with Crippen LogP contribution in [0.25, 0.3) is 0 Å². The molecule has 1 amide bonds. The van der Waals surface area contributed by atoms with Gasteiger partial charge in [-0.3, -0.25) is 14.9 Å². The topological polar surface area (TPSA) is 72.7 Å². The normalized spacial score (nSPS) is 10.3. The van der Waals surface area contributed by atoms with Gasteiger partial charge in [0, 0.05) is 19.2 Å². The third-order valence-electron chi connectivity index (χ3n) is 3.26. The lowest BCUT2D eigenvalue weighted by Crippen LogP contribution is -2.31. The molecule has 0 N–H and O–H groups in total. The Hall–Kier alpha value is -2.67. The van der Waals surface area contributed by atoms with Crippen LogP contribution in [0.3, 0.4) is 0 Å². The fourth-order valence-corrected chi connectivity index (χ4v) is 2.21. The number of benzene rings is 2. The van der Waals surface area contributed by atoms with E-state index in [1.165, 1.54) is 36.2 Å². The van der Waals surface area contributed by atoms with Crippen LogP contribution in [0.2, 0.25) is 5.02 Å². The molecule has 24 heavy (non-hydrogen) atoms. The van der Waals surface area contributed by atoms with Crippen molar-refractivity contribution in [1.82, 2.24) is 4.90 Å². The Kier molecular flexibility index (Phi) is 5.70. The quantitative estimate of drug-likeness (QED) is 0.588. The number of carbonyl (C=O) groups is 1. The summed E-state index contributed by atoms with van der Waals surface area (Å²) in [7, 11) is 1.53. The molecule has 0 radical (unpaired) electrons. The third-order valence-corrected chi connectivity index (χ3v) is 3.57. The minimum Gasteiger partial charge on any atom is -0.489 e. The molecule has 0 aliphatic heterocycles. The van der Waals surface area contributed by atoms with Gasteiger partial charge in [0.2, 0.25) is 0 Å². The highest BCUT2D eigenvalue weighted by atomic mass is 35.5. The maximum atomic E-state index is 13.4. The van der Waals surface area contributed by atoms with Crippen molar-refractivity contribution in [2.45, 2.75) is 0 Å². The van der Waals surface area contributed by atoms with Crippen LogP contribution in [0.4, 0.5) is 10.1 Å². The molecule has 2 rings (SSSR count). The largest absolute Gasteiger partial charge is 0.489 e. The maximum Gasteiger partial charge on any atom is 0.270 e. The number of nitro groups is 1. The first-order valence-electron chi connectivity index (χ1n) is 6.97. The molecule has 2 aromatic carbocycles. The average Bonchev–Trinajstić information content (AvgIpc) is 2.55. The van der Waals surface area contributed by atoms with Crippen LogP contribution < -0.4 is 4.74 Å². The molecular formula is C16H14ClFN2O4. The Morgan fingerprint density at radius 3 is 2.67 bits per heavy atom. The van der Waals surface area contributed by atoms with Gasteiger partial charge in [0.05, 0.1) is 22.1 Å². The Bertz CT molecular complexity index is 769. The predicted molar refractivity (Wildman–Crippen MR) is 87.0 cm³/mol. The van der Waals surface area contributed by atoms with Crippen LogP contribution in [0.15, 0.2) is 42.5 Å². The first-order chi connectivity index (χ1) is 11.4. The lowest BCUT2D eigenvalue weighted by atomic mass is 10.2. The van der Waals surface area contributed by atoms with E-state index in [-0.39, 0.29) is 35.2 Å². The number of hydrogen-bond donors (Lipinski definition) is 0. The van der Waals surface area contributed by atoms with Crippen LogP contribution >= 0.6 is 11.6 Å². The van der Waals surface area contributed by atoms with Gasteiger partial charge < -0.3 is 9.64 Å². The zero-order chi connectivity index (χ0) is 17.7. The summed E-state index contributed by atoms with van der Waals surface area (Å²) in [6.45, 7) is 0.286. The molecule has 0 saturated carbocycles. The molecule has 0 atom stereocenters. The van der Waals surface area contributed by atoms with Gasteiger partial charge in [-0.2, -0.15) is 0 Å². The van der Waals surface area contributed by atoms with Gasteiger partial charge in [0.1, 0.15) is 6.61 Å². The molecule has 0 aliphatic carbocycles. The summed E-state index contributed by atoms with van der Waals surface area (Å²) < 4.78 is 18.7. The summed E-state index contributed by atoms with van der Waals surface area (Å²) in [6, 6.07) is 9.60. The predicted octanol–water partition coefficient (Wildman–Crippen LogP) is 3.54. The maximum absolute atomic E-state index is 13.4. The van der Waals surface area contributed by atoms with Crippen LogP contribution in [-0.2, 0) is 0 Å². The second kappa shape index (κ2) is 7.74. The number of nitrogens with zero attached hydrogens (tertiary/aromatic N) is 2. The number of ether oxygens (including phenoxy) is 1. The molecule has 6 nitrogen and oxygen atoms in total. The van der Waals surface area contributed by atoms with E-state index in [9.17, 15) is 19.3 Å². The summed E-state index contributed by atoms with van der Waals surface area (Å²) in [6.07, 6.45) is 0. The molecule has 0 bridgehead atoms. The number of hydrogen-bond acceptors (Lipinski definition) is 4. The van der Waals surface area contributed by atoms with Gasteiger partial charge in [-0.15, -0.1) is 0 Å². The second-order valence-electron chi connectivity index (χ2n) is 4.93. The third kappa shape index (κ3) is 4.20. The number of para-hydroxylation sites is 1. The number of amides is 1. The van der Waals surface area contributed by atoms with Crippen molar-refractivity contribution in [2.75, 3.05) is 20.2 Å². The highest BCUT2D eigenvalue weighted by Gasteiger charge is 2.18. The number of nitro benzene ring substituents is 1. The number of likely N-dealkylation sites (N-methyl/N-ethyl adjacent to an activating group) is 1. The summed E-state index contributed by atoms with van der Waals surface area (Å²) >= 11 is 5.93. The number of rotatable bonds is 6. The zero-order valence-electron chi connectivity index (χ0n) is 12.7. The van der Waals surface area contributed by atoms with Gasteiger partial charge in [0.25, 0.3) is 11.6 Å². The van der Waals surface area contributed by atoms with E-state index in [0.29, 0.717) is 0 Å². The summed E-state index contributed by atoms with van der Waals surface area (Å²) in [5, 5.41) is 10.7. The molecule has 0 fully saturated rings. The van der Waals surface area contributed by atoms with Crippen molar-refractivity contribution in [1.29, 1.82) is 0 Å². The Morgan fingerprint density at radius 2 is 2.04 bits per heavy atom. The van der Waals surface area contributed by atoms with Crippen LogP contribution in [0, 0.1) is 15.9 Å². The molecule has 0 aromatic heterocycles. The van der Waals surface area contributed by atoms with Crippen molar-refractivity contribution >= 4 is 23.2 Å². The van der Waals surface area contributed by atoms with E-state index in [1.54, 1.807) is 12.1 Å². The monoisotopic (exact) mass is 352 g/mol. The second-order valence-corrected chi connectivity index (χ2v) is 5.33. The molecule has 0 spiro atoms. The number of non-ortho nitro benzene ring substituents is 1. The lowest BCUT2D eigenvalue weighted by molar-refractivity contribution is -0.384. The summed E-state index contributed by atoms with van der Waals surface area (Å²) in [5.74, 6) is -0.788. The smallest absolute Gasteiger partial charge is 0.270 e. The van der Waals surface area contributed by atoms with Gasteiger partial charge in [0.15, 0.2) is 11.6 Å². The molecule has 0 unspecified atom stereocenters. The van der Waals surface area contributed by atoms with Gasteiger partial charge in [-0.25, -0.2) is 4.39 Å². The molecule has 2 aromatic rings. The van der Waals surface area contributed by atoms with Gasteiger partial charge in [-0.1, -0.05) is 23.7 Å². The lowest BCUT2D eigenvalue weighted by Gasteiger charge is -2.18. The number of carbonyl (C=O) groups excluding carboxylic acids is 1. The molecule has 0 heterocycles. The van der Waals surface area contributed by atoms with Crippen LogP contribution in [0.1, 0.15) is 10.4 Å². The average molecular weight is 353 g/mol. The van der Waals surface area contributed by atoms with E-state index >= 15 is 0 Å². The van der Waals surface area contributed by atoms with E-state index < -0.39 is 16.6 Å². The van der Waals surface area contributed by atoms with Gasteiger partial charge >= 0.3 is 0 Å². The Balaban J connectivity index is 1.97. The molecule has 0 aliphatic rings. The molecule has 0 saturated heterocycles. The van der Waals surface area contributed by atoms with E-state index in [2.05, 4.69) is 0 Å². The van der Waals surface area contributed by atoms with Gasteiger partial charge in [-0.05, 0) is 18.2 Å². The molecular weight excluding hydrogens is 339 g/mol. The van der Waals surface area contributed by atoms with E-state index in [4.69, 9.17) is 16.3 Å². The van der Waals surface area contributed by atoms with Crippen molar-refractivity contribution in [3.05, 3.63) is 69.0 Å². The van der Waals surface area contributed by atoms with Crippen molar-refractivity contribution in [2.24, 2.45) is 0 Å².